The lowest BCUT2D eigenvalue weighted by Gasteiger charge is -2.38. The summed E-state index contributed by atoms with van der Waals surface area (Å²) in [4.78, 5) is 19.0. The molecule has 2 atom stereocenters. The quantitative estimate of drug-likeness (QED) is 0.0827. The van der Waals surface area contributed by atoms with Gasteiger partial charge in [-0.2, -0.15) is 0 Å². The number of esters is 1. The van der Waals surface area contributed by atoms with E-state index in [1.165, 1.54) is 7.11 Å². The standard InChI is InChI=1S/C33H43NO8P2/c1-7-39-43(36,40-8-2)33(44(37,41-9-3)42-10-4)29(28-23-17-18-25(5)24-28)31(32(35)38-6)34-30(26-19-13-11-14-20-26)27-21-15-12-16-22-27/h11-24,29,31,33H,7-10H2,1-6H3/t29-,31+/m1/s1. The van der Waals surface area contributed by atoms with E-state index in [4.69, 9.17) is 27.8 Å². The zero-order valence-corrected chi connectivity index (χ0v) is 28.0. The third-order valence-electron chi connectivity index (χ3n) is 6.78. The van der Waals surface area contributed by atoms with Crippen LogP contribution in [0.15, 0.2) is 89.9 Å². The number of aliphatic imine (C=N–C) groups is 1. The van der Waals surface area contributed by atoms with E-state index in [1.807, 2.05) is 79.7 Å². The zero-order valence-electron chi connectivity index (χ0n) is 26.3. The number of hydrogen-bond donors (Lipinski definition) is 0. The fraction of sp³-hybridized carbons (Fsp3) is 0.394. The fourth-order valence-electron chi connectivity index (χ4n) is 5.11. The number of hydrogen-bond acceptors (Lipinski definition) is 9. The van der Waals surface area contributed by atoms with Crippen molar-refractivity contribution in [2.24, 2.45) is 4.99 Å². The Bertz CT molecular complexity index is 1370. The zero-order chi connectivity index (χ0) is 32.2. The number of ether oxygens (including phenoxy) is 1. The summed E-state index contributed by atoms with van der Waals surface area (Å²) in [5.74, 6) is -1.91. The van der Waals surface area contributed by atoms with E-state index >= 15 is 0 Å². The molecular formula is C33H43NO8P2. The second-order valence-electron chi connectivity index (χ2n) is 9.78. The van der Waals surface area contributed by atoms with Crippen molar-refractivity contribution < 1.29 is 36.8 Å². The first-order valence-electron chi connectivity index (χ1n) is 14.8. The molecule has 3 rings (SSSR count). The molecule has 0 unspecified atom stereocenters. The van der Waals surface area contributed by atoms with E-state index < -0.39 is 38.5 Å². The monoisotopic (exact) mass is 643 g/mol. The maximum Gasteiger partial charge on any atom is 0.346 e. The molecule has 0 spiro atoms. The lowest BCUT2D eigenvalue weighted by atomic mass is 9.91. The molecule has 3 aromatic rings. The molecule has 3 aromatic carbocycles. The minimum Gasteiger partial charge on any atom is -0.467 e. The van der Waals surface area contributed by atoms with Crippen molar-refractivity contribution >= 4 is 26.9 Å². The van der Waals surface area contributed by atoms with Crippen molar-refractivity contribution in [2.45, 2.75) is 52.0 Å². The molecule has 0 radical (unpaired) electrons. The third kappa shape index (κ3) is 8.63. The van der Waals surface area contributed by atoms with E-state index in [9.17, 15) is 13.9 Å². The minimum absolute atomic E-state index is 0.0159. The Balaban J connectivity index is 2.51. The van der Waals surface area contributed by atoms with Gasteiger partial charge in [0.25, 0.3) is 0 Å². The van der Waals surface area contributed by atoms with Crippen LogP contribution in [0.3, 0.4) is 0 Å². The van der Waals surface area contributed by atoms with Crippen molar-refractivity contribution in [3.05, 3.63) is 107 Å². The topological polar surface area (TPSA) is 110 Å². The molecular weight excluding hydrogens is 600 g/mol. The van der Waals surface area contributed by atoms with Crippen LogP contribution in [-0.2, 0) is 36.8 Å². The number of carbonyl (C=O) groups excluding carboxylic acids is 1. The van der Waals surface area contributed by atoms with Crippen LogP contribution in [0.2, 0.25) is 0 Å². The molecule has 0 fully saturated rings. The fourth-order valence-corrected chi connectivity index (χ4v) is 11.0. The van der Waals surface area contributed by atoms with E-state index in [2.05, 4.69) is 0 Å². The molecule has 0 saturated heterocycles. The number of benzene rings is 3. The highest BCUT2D eigenvalue weighted by Crippen LogP contribution is 2.74. The molecule has 0 aliphatic heterocycles. The molecule has 0 saturated carbocycles. The van der Waals surface area contributed by atoms with Gasteiger partial charge in [-0.25, -0.2) is 4.79 Å². The van der Waals surface area contributed by atoms with E-state index in [0.717, 1.165) is 16.7 Å². The first-order chi connectivity index (χ1) is 21.2. The second-order valence-corrected chi connectivity index (χ2v) is 14.5. The van der Waals surface area contributed by atoms with Crippen LogP contribution < -0.4 is 0 Å². The number of rotatable bonds is 17. The lowest BCUT2D eigenvalue weighted by molar-refractivity contribution is -0.142. The Hall–Kier alpha value is -2.90. The first-order valence-corrected chi connectivity index (χ1v) is 18.0. The second kappa shape index (κ2) is 17.0. The average Bonchev–Trinajstić information content (AvgIpc) is 3.01. The smallest absolute Gasteiger partial charge is 0.346 e. The molecule has 238 valence electrons. The highest BCUT2D eigenvalue weighted by molar-refractivity contribution is 7.72. The van der Waals surface area contributed by atoms with Crippen LogP contribution in [0.4, 0.5) is 0 Å². The molecule has 0 amide bonds. The summed E-state index contributed by atoms with van der Waals surface area (Å²) in [5.41, 5.74) is 3.35. The van der Waals surface area contributed by atoms with Gasteiger partial charge < -0.3 is 22.8 Å². The minimum atomic E-state index is -4.33. The van der Waals surface area contributed by atoms with Crippen LogP contribution in [-0.4, -0.2) is 56.7 Å². The van der Waals surface area contributed by atoms with Crippen molar-refractivity contribution in [3.63, 3.8) is 0 Å². The SMILES string of the molecule is CCOP(=O)(OCC)C([C@H](c1cccc(C)c1)[C@H](N=C(c1ccccc1)c1ccccc1)C(=O)OC)P(=O)(OCC)OCC. The molecule has 11 heteroatoms. The van der Waals surface area contributed by atoms with Crippen molar-refractivity contribution in [2.75, 3.05) is 33.5 Å². The molecule has 44 heavy (non-hydrogen) atoms. The first kappa shape index (κ1) is 35.6. The maximum atomic E-state index is 14.9. The van der Waals surface area contributed by atoms with Gasteiger partial charge >= 0.3 is 21.2 Å². The van der Waals surface area contributed by atoms with Crippen LogP contribution in [0.1, 0.15) is 55.9 Å². The molecule has 0 aromatic heterocycles. The summed E-state index contributed by atoms with van der Waals surface area (Å²) in [5, 5.41) is -1.57. The van der Waals surface area contributed by atoms with Crippen LogP contribution in [0, 0.1) is 6.92 Å². The summed E-state index contributed by atoms with van der Waals surface area (Å²) < 4.78 is 58.5. The summed E-state index contributed by atoms with van der Waals surface area (Å²) in [7, 11) is -7.40. The molecule has 0 heterocycles. The Morgan fingerprint density at radius 2 is 1.16 bits per heavy atom. The number of nitrogens with zero attached hydrogens (tertiary/aromatic N) is 1. The molecule has 0 bridgehead atoms. The van der Waals surface area contributed by atoms with Gasteiger partial charge in [-0.3, -0.25) is 14.1 Å². The Labute approximate surface area is 261 Å². The van der Waals surface area contributed by atoms with Gasteiger partial charge in [0.1, 0.15) is 0 Å². The van der Waals surface area contributed by atoms with Crippen molar-refractivity contribution in [3.8, 4) is 0 Å². The van der Waals surface area contributed by atoms with Gasteiger partial charge in [-0.15, -0.1) is 0 Å². The average molecular weight is 644 g/mol. The third-order valence-corrected chi connectivity index (χ3v) is 12.9. The summed E-state index contributed by atoms with van der Waals surface area (Å²) in [6.07, 6.45) is 0. The van der Waals surface area contributed by atoms with Crippen LogP contribution in [0.5, 0.6) is 0 Å². The largest absolute Gasteiger partial charge is 0.467 e. The van der Waals surface area contributed by atoms with Gasteiger partial charge in [0.2, 0.25) is 0 Å². The van der Waals surface area contributed by atoms with E-state index in [1.54, 1.807) is 39.8 Å². The number of aryl methyl sites for hydroxylation is 1. The maximum absolute atomic E-state index is 14.9. The molecule has 0 N–H and O–H groups in total. The highest BCUT2D eigenvalue weighted by Gasteiger charge is 2.58. The van der Waals surface area contributed by atoms with Gasteiger partial charge in [-0.05, 0) is 40.2 Å². The molecule has 9 nitrogen and oxygen atoms in total. The Morgan fingerprint density at radius 3 is 1.55 bits per heavy atom. The molecule has 0 aliphatic carbocycles. The van der Waals surface area contributed by atoms with Crippen LogP contribution in [0.25, 0.3) is 0 Å². The number of methoxy groups -OCH3 is 1. The van der Waals surface area contributed by atoms with Gasteiger partial charge in [0.15, 0.2) is 11.4 Å². The normalized spacial score (nSPS) is 13.3. The summed E-state index contributed by atoms with van der Waals surface area (Å²) in [6.45, 7) is 8.48. The van der Waals surface area contributed by atoms with E-state index in [-0.39, 0.29) is 26.4 Å². The van der Waals surface area contributed by atoms with Crippen molar-refractivity contribution in [1.29, 1.82) is 0 Å². The van der Waals surface area contributed by atoms with Gasteiger partial charge in [0.05, 0.1) is 39.2 Å². The Morgan fingerprint density at radius 1 is 0.705 bits per heavy atom. The van der Waals surface area contributed by atoms with Gasteiger partial charge in [-0.1, -0.05) is 90.5 Å². The number of carbonyl (C=O) groups is 1. The predicted octanol–water partition coefficient (Wildman–Crippen LogP) is 8.02. The molecule has 0 aliphatic rings. The van der Waals surface area contributed by atoms with Crippen molar-refractivity contribution in [1.82, 2.24) is 0 Å². The summed E-state index contributed by atoms with van der Waals surface area (Å²) >= 11 is 0. The summed E-state index contributed by atoms with van der Waals surface area (Å²) in [6, 6.07) is 24.7. The van der Waals surface area contributed by atoms with Gasteiger partial charge in [0, 0.05) is 17.0 Å². The highest BCUT2D eigenvalue weighted by atomic mass is 31.2. The van der Waals surface area contributed by atoms with E-state index in [0.29, 0.717) is 11.3 Å². The van der Waals surface area contributed by atoms with Crippen LogP contribution >= 0.6 is 15.2 Å². The lowest BCUT2D eigenvalue weighted by Crippen LogP contribution is -2.38. The predicted molar refractivity (Wildman–Crippen MR) is 174 cm³/mol. The Kier molecular flexibility index (Phi) is 13.7.